The molecule has 2 fully saturated rings. The van der Waals surface area contributed by atoms with Crippen LogP contribution >= 0.6 is 11.5 Å². The van der Waals surface area contributed by atoms with Crippen LogP contribution in [0.5, 0.6) is 5.88 Å². The first-order chi connectivity index (χ1) is 23.0. The van der Waals surface area contributed by atoms with E-state index in [1.165, 1.54) is 25.4 Å². The first-order valence-corrected chi connectivity index (χ1v) is 16.7. The molecule has 0 bridgehead atoms. The Labute approximate surface area is 281 Å². The quantitative estimate of drug-likeness (QED) is 0.269. The zero-order valence-electron chi connectivity index (χ0n) is 27.3. The number of likely N-dealkylation sites (N-methyl/N-ethyl adjacent to an activating group) is 1. The number of nitrogens with zero attached hydrogens (tertiary/aromatic N) is 6. The second-order valence-corrected chi connectivity index (χ2v) is 13.3. The number of aromatic nitrogens is 4. The third kappa shape index (κ3) is 8.13. The summed E-state index contributed by atoms with van der Waals surface area (Å²) in [6.45, 7) is 6.24. The molecule has 3 aromatic rings. The molecule has 5 rings (SSSR count). The third-order valence-electron chi connectivity index (χ3n) is 9.20. The summed E-state index contributed by atoms with van der Waals surface area (Å²) in [6.07, 6.45) is 4.47. The molecule has 1 aliphatic heterocycles. The maximum Gasteiger partial charge on any atom is 0.288 e. The Balaban J connectivity index is 1.34. The minimum absolute atomic E-state index is 0.0956. The predicted octanol–water partition coefficient (Wildman–Crippen LogP) is 2.31. The highest BCUT2D eigenvalue weighted by atomic mass is 32.1. The van der Waals surface area contributed by atoms with Crippen molar-refractivity contribution in [3.63, 3.8) is 0 Å². The Morgan fingerprint density at radius 3 is 2.42 bits per heavy atom. The summed E-state index contributed by atoms with van der Waals surface area (Å²) in [5.41, 5.74) is 0.141. The lowest BCUT2D eigenvalue weighted by Gasteiger charge is -2.36. The van der Waals surface area contributed by atoms with Crippen LogP contribution in [0.4, 0.5) is 10.1 Å². The normalized spacial score (nSPS) is 20.3. The summed E-state index contributed by atoms with van der Waals surface area (Å²) < 4.78 is 29.1. The van der Waals surface area contributed by atoms with E-state index in [9.17, 15) is 19.2 Å². The van der Waals surface area contributed by atoms with Crippen molar-refractivity contribution >= 4 is 40.8 Å². The summed E-state index contributed by atoms with van der Waals surface area (Å²) >= 11 is 0.907. The van der Waals surface area contributed by atoms with Crippen molar-refractivity contribution < 1.29 is 32.9 Å². The van der Waals surface area contributed by atoms with Crippen LogP contribution in [0, 0.1) is 17.7 Å². The van der Waals surface area contributed by atoms with Crippen molar-refractivity contribution in [2.24, 2.45) is 11.8 Å². The molecule has 0 radical (unpaired) electrons. The molecule has 2 aromatic heterocycles. The molecule has 1 aromatic carbocycles. The average Bonchev–Trinajstić information content (AvgIpc) is 3.80. The van der Waals surface area contributed by atoms with E-state index >= 15 is 4.39 Å². The lowest BCUT2D eigenvalue weighted by Crippen LogP contribution is -2.55. The first kappa shape index (κ1) is 34.8. The molecular formula is C31H40FN9O6S. The number of halogens is 1. The van der Waals surface area contributed by atoms with E-state index < -0.39 is 41.5 Å². The van der Waals surface area contributed by atoms with Gasteiger partial charge in [0, 0.05) is 32.1 Å². The number of amides is 4. The molecule has 0 unspecified atom stereocenters. The van der Waals surface area contributed by atoms with Crippen LogP contribution in [0.25, 0.3) is 0 Å². The van der Waals surface area contributed by atoms with Crippen LogP contribution in [-0.2, 0) is 9.59 Å². The van der Waals surface area contributed by atoms with Gasteiger partial charge in [-0.05, 0) is 71.3 Å². The summed E-state index contributed by atoms with van der Waals surface area (Å²) in [5, 5.41) is 19.0. The number of benzene rings is 1. The molecule has 4 amide bonds. The van der Waals surface area contributed by atoms with E-state index in [1.54, 1.807) is 17.9 Å². The van der Waals surface area contributed by atoms with Gasteiger partial charge < -0.3 is 30.5 Å². The zero-order chi connectivity index (χ0) is 34.4. The van der Waals surface area contributed by atoms with Gasteiger partial charge in [-0.3, -0.25) is 19.2 Å². The molecule has 3 atom stereocenters. The fourth-order valence-electron chi connectivity index (χ4n) is 6.10. The molecule has 3 N–H and O–H groups in total. The average molecular weight is 686 g/mol. The van der Waals surface area contributed by atoms with Crippen LogP contribution < -0.4 is 20.7 Å². The lowest BCUT2D eigenvalue weighted by atomic mass is 9.79. The Morgan fingerprint density at radius 2 is 1.77 bits per heavy atom. The van der Waals surface area contributed by atoms with Gasteiger partial charge in [0.1, 0.15) is 22.8 Å². The number of piperazine rings is 1. The molecule has 1 saturated carbocycles. The second-order valence-electron chi connectivity index (χ2n) is 12.5. The Bertz CT molecular complexity index is 1590. The minimum atomic E-state index is -1.00. The van der Waals surface area contributed by atoms with Crippen molar-refractivity contribution in [1.29, 1.82) is 0 Å². The minimum Gasteiger partial charge on any atom is -0.477 e. The molecule has 1 saturated heterocycles. The van der Waals surface area contributed by atoms with E-state index in [0.29, 0.717) is 50.5 Å². The Morgan fingerprint density at radius 1 is 1.04 bits per heavy atom. The SMILES string of the molecule is COc1nonc1C(=O)N[C@H](C(=O)Nc1ccc([C@H](C)[C@@H](NC(=O)c2cnns2)C(=O)N2CCN(C)CC2)cc1F)[C@H]1CC[C@H](C)CC1. The second kappa shape index (κ2) is 15.6. The van der Waals surface area contributed by atoms with Crippen molar-refractivity contribution in [3.8, 4) is 5.88 Å². The van der Waals surface area contributed by atoms with Gasteiger partial charge in [0.25, 0.3) is 17.7 Å². The van der Waals surface area contributed by atoms with E-state index in [0.717, 1.165) is 24.4 Å². The highest BCUT2D eigenvalue weighted by Gasteiger charge is 2.36. The fourth-order valence-corrected chi connectivity index (χ4v) is 6.52. The number of ether oxygens (including phenoxy) is 1. The Kier molecular flexibility index (Phi) is 11.3. The predicted molar refractivity (Wildman–Crippen MR) is 172 cm³/mol. The summed E-state index contributed by atoms with van der Waals surface area (Å²) in [7, 11) is 3.29. The number of carbonyl (C=O) groups excluding carboxylic acids is 4. The topological polar surface area (TPSA) is 185 Å². The van der Waals surface area contributed by atoms with Crippen LogP contribution in [0.2, 0.25) is 0 Å². The van der Waals surface area contributed by atoms with Crippen LogP contribution in [0.3, 0.4) is 0 Å². The van der Waals surface area contributed by atoms with Crippen LogP contribution in [-0.4, -0.2) is 106 Å². The smallest absolute Gasteiger partial charge is 0.288 e. The van der Waals surface area contributed by atoms with E-state index in [-0.39, 0.29) is 34.0 Å². The van der Waals surface area contributed by atoms with Crippen molar-refractivity contribution in [2.45, 2.75) is 57.5 Å². The van der Waals surface area contributed by atoms with Crippen LogP contribution in [0.15, 0.2) is 29.0 Å². The molecule has 15 nitrogen and oxygen atoms in total. The number of hydrogen-bond acceptors (Lipinski definition) is 12. The number of carbonyl (C=O) groups is 4. The molecular weight excluding hydrogens is 645 g/mol. The van der Waals surface area contributed by atoms with Gasteiger partial charge >= 0.3 is 0 Å². The monoisotopic (exact) mass is 685 g/mol. The molecule has 258 valence electrons. The van der Waals surface area contributed by atoms with Crippen LogP contribution in [0.1, 0.15) is 71.2 Å². The van der Waals surface area contributed by atoms with Gasteiger partial charge in [0.2, 0.25) is 17.5 Å². The van der Waals surface area contributed by atoms with Gasteiger partial charge in [-0.25, -0.2) is 9.02 Å². The standard InChI is InChI=1S/C31H40FN9O6S/c1-17-5-7-19(8-6-17)25(36-29(44)26-30(46-4)38-47-37-26)28(43)34-22-10-9-20(15-21(22)32)18(2)24(35-27(42)23-16-33-39-48-23)31(45)41-13-11-40(3)12-14-41/h9-10,15-19,24-25H,5-8,11-14H2,1-4H3,(H,34,43)(H,35,42)(H,36,44)/t17-,18-,19-,24+,25-/m0/s1. The summed E-state index contributed by atoms with van der Waals surface area (Å²) in [5.74, 6) is -3.28. The highest BCUT2D eigenvalue weighted by Crippen LogP contribution is 2.32. The van der Waals surface area contributed by atoms with E-state index in [2.05, 4.69) is 52.3 Å². The van der Waals surface area contributed by atoms with E-state index in [4.69, 9.17) is 4.74 Å². The summed E-state index contributed by atoms with van der Waals surface area (Å²) in [6, 6.07) is 2.27. The lowest BCUT2D eigenvalue weighted by molar-refractivity contribution is -0.135. The highest BCUT2D eigenvalue weighted by molar-refractivity contribution is 7.07. The van der Waals surface area contributed by atoms with Crippen molar-refractivity contribution in [2.75, 3.05) is 45.7 Å². The zero-order valence-corrected chi connectivity index (χ0v) is 28.1. The van der Waals surface area contributed by atoms with Gasteiger partial charge in [0.15, 0.2) is 0 Å². The molecule has 0 spiro atoms. The number of rotatable bonds is 11. The summed E-state index contributed by atoms with van der Waals surface area (Å²) in [4.78, 5) is 57.5. The van der Waals surface area contributed by atoms with Gasteiger partial charge in [-0.15, -0.1) is 5.10 Å². The number of methoxy groups -OCH3 is 1. The molecule has 1 aliphatic carbocycles. The van der Waals surface area contributed by atoms with Gasteiger partial charge in [-0.2, -0.15) is 0 Å². The van der Waals surface area contributed by atoms with Crippen molar-refractivity contribution in [1.82, 2.24) is 40.3 Å². The van der Waals surface area contributed by atoms with Gasteiger partial charge in [-0.1, -0.05) is 37.2 Å². The largest absolute Gasteiger partial charge is 0.477 e. The number of anilines is 1. The Hall–Kier alpha value is -4.51. The molecule has 48 heavy (non-hydrogen) atoms. The maximum atomic E-state index is 15.7. The number of hydrogen-bond donors (Lipinski definition) is 3. The molecule has 2 aliphatic rings. The maximum absolute atomic E-state index is 15.7. The fraction of sp³-hybridized carbons (Fsp3) is 0.548. The number of nitrogens with one attached hydrogen (secondary N) is 3. The first-order valence-electron chi connectivity index (χ1n) is 15.9. The van der Waals surface area contributed by atoms with Crippen molar-refractivity contribution in [3.05, 3.63) is 46.3 Å². The molecule has 3 heterocycles. The molecule has 17 heteroatoms. The third-order valence-corrected chi connectivity index (χ3v) is 9.86. The van der Waals surface area contributed by atoms with E-state index in [1.807, 2.05) is 7.05 Å². The van der Waals surface area contributed by atoms with Gasteiger partial charge in [0.05, 0.1) is 19.0 Å².